The van der Waals surface area contributed by atoms with Crippen molar-refractivity contribution in [2.24, 2.45) is 11.7 Å². The van der Waals surface area contributed by atoms with E-state index in [1.54, 1.807) is 0 Å². The molecular formula is C11H15F2NOS. The van der Waals surface area contributed by atoms with Gasteiger partial charge in [-0.3, -0.25) is 0 Å². The molecule has 0 spiro atoms. The Hall–Kier alpha value is -0.650. The standard InChI is InChI=1S/C11H15F2NOS/c1-7(5-15)6-16-11-9(12)2-8(4-14)3-10(11)13/h2-3,7,15H,4-6,14H2,1H3. The minimum Gasteiger partial charge on any atom is -0.396 e. The van der Waals surface area contributed by atoms with Crippen LogP contribution >= 0.6 is 11.8 Å². The molecule has 1 aromatic rings. The number of benzene rings is 1. The van der Waals surface area contributed by atoms with Crippen molar-refractivity contribution in [3.63, 3.8) is 0 Å². The van der Waals surface area contributed by atoms with Crippen molar-refractivity contribution in [3.05, 3.63) is 29.3 Å². The zero-order chi connectivity index (χ0) is 12.1. The van der Waals surface area contributed by atoms with E-state index < -0.39 is 11.6 Å². The predicted octanol–water partition coefficient (Wildman–Crippen LogP) is 2.14. The zero-order valence-corrected chi connectivity index (χ0v) is 9.86. The highest BCUT2D eigenvalue weighted by atomic mass is 32.2. The van der Waals surface area contributed by atoms with Gasteiger partial charge in [-0.15, -0.1) is 11.8 Å². The molecule has 0 saturated heterocycles. The lowest BCUT2D eigenvalue weighted by atomic mass is 10.2. The topological polar surface area (TPSA) is 46.2 Å². The fourth-order valence-electron chi connectivity index (χ4n) is 1.15. The van der Waals surface area contributed by atoms with Crippen LogP contribution in [0.25, 0.3) is 0 Å². The van der Waals surface area contributed by atoms with E-state index in [0.29, 0.717) is 11.3 Å². The number of aliphatic hydroxyl groups is 1. The number of hydrogen-bond acceptors (Lipinski definition) is 3. The van der Waals surface area contributed by atoms with Gasteiger partial charge >= 0.3 is 0 Å². The molecule has 0 amide bonds. The summed E-state index contributed by atoms with van der Waals surface area (Å²) in [4.78, 5) is -0.00231. The third-order valence-electron chi connectivity index (χ3n) is 2.12. The molecular weight excluding hydrogens is 232 g/mol. The SMILES string of the molecule is CC(CO)CSc1c(F)cc(CN)cc1F. The van der Waals surface area contributed by atoms with Gasteiger partial charge in [-0.25, -0.2) is 8.78 Å². The highest BCUT2D eigenvalue weighted by Gasteiger charge is 2.12. The van der Waals surface area contributed by atoms with Gasteiger partial charge in [0.25, 0.3) is 0 Å². The molecule has 0 saturated carbocycles. The second-order valence-electron chi connectivity index (χ2n) is 3.69. The molecule has 2 nitrogen and oxygen atoms in total. The zero-order valence-electron chi connectivity index (χ0n) is 9.04. The Labute approximate surface area is 97.8 Å². The van der Waals surface area contributed by atoms with Crippen LogP contribution in [-0.4, -0.2) is 17.5 Å². The van der Waals surface area contributed by atoms with Crippen LogP contribution in [0.4, 0.5) is 8.78 Å². The number of nitrogens with two attached hydrogens (primary N) is 1. The largest absolute Gasteiger partial charge is 0.396 e. The monoisotopic (exact) mass is 247 g/mol. The Bertz CT molecular complexity index is 337. The molecule has 1 unspecified atom stereocenters. The van der Waals surface area contributed by atoms with Crippen LogP contribution in [0, 0.1) is 17.6 Å². The van der Waals surface area contributed by atoms with E-state index in [0.717, 1.165) is 11.8 Å². The Morgan fingerprint density at radius 2 is 1.94 bits per heavy atom. The summed E-state index contributed by atoms with van der Waals surface area (Å²) in [6, 6.07) is 2.49. The summed E-state index contributed by atoms with van der Waals surface area (Å²) in [5, 5.41) is 8.82. The second-order valence-corrected chi connectivity index (χ2v) is 4.72. The Balaban J connectivity index is 2.80. The van der Waals surface area contributed by atoms with Crippen LogP contribution in [0.1, 0.15) is 12.5 Å². The maximum absolute atomic E-state index is 13.5. The number of aliphatic hydroxyl groups excluding tert-OH is 1. The average Bonchev–Trinajstić information content (AvgIpc) is 2.27. The summed E-state index contributed by atoms with van der Waals surface area (Å²) in [7, 11) is 0. The van der Waals surface area contributed by atoms with Gasteiger partial charge < -0.3 is 10.8 Å². The molecule has 1 aromatic carbocycles. The molecule has 16 heavy (non-hydrogen) atoms. The van der Waals surface area contributed by atoms with Crippen molar-refractivity contribution in [2.75, 3.05) is 12.4 Å². The normalized spacial score (nSPS) is 12.8. The molecule has 0 aliphatic rings. The van der Waals surface area contributed by atoms with Gasteiger partial charge in [0.15, 0.2) is 0 Å². The second kappa shape index (κ2) is 6.18. The van der Waals surface area contributed by atoms with E-state index in [1.165, 1.54) is 12.1 Å². The van der Waals surface area contributed by atoms with Crippen molar-refractivity contribution < 1.29 is 13.9 Å². The Kier molecular flexibility index (Phi) is 5.18. The summed E-state index contributed by atoms with van der Waals surface area (Å²) < 4.78 is 26.9. The number of thioether (sulfide) groups is 1. The maximum Gasteiger partial charge on any atom is 0.140 e. The first kappa shape index (κ1) is 13.4. The summed E-state index contributed by atoms with van der Waals surface area (Å²) in [6.07, 6.45) is 0. The van der Waals surface area contributed by atoms with Gasteiger partial charge in [0.2, 0.25) is 0 Å². The minimum atomic E-state index is -0.587. The van der Waals surface area contributed by atoms with Crippen LogP contribution in [0.3, 0.4) is 0 Å². The van der Waals surface area contributed by atoms with Gasteiger partial charge in [-0.05, 0) is 23.6 Å². The van der Waals surface area contributed by atoms with Crippen LogP contribution in [0.15, 0.2) is 17.0 Å². The Morgan fingerprint density at radius 1 is 1.38 bits per heavy atom. The fourth-order valence-corrected chi connectivity index (χ4v) is 2.10. The van der Waals surface area contributed by atoms with Crippen molar-refractivity contribution in [2.45, 2.75) is 18.4 Å². The van der Waals surface area contributed by atoms with Gasteiger partial charge in [-0.1, -0.05) is 6.92 Å². The van der Waals surface area contributed by atoms with Crippen molar-refractivity contribution in [1.82, 2.24) is 0 Å². The van der Waals surface area contributed by atoms with Crippen molar-refractivity contribution in [1.29, 1.82) is 0 Å². The number of rotatable bonds is 5. The number of halogens is 2. The molecule has 90 valence electrons. The average molecular weight is 247 g/mol. The summed E-state index contributed by atoms with van der Waals surface area (Å²) in [6.45, 7) is 1.94. The van der Waals surface area contributed by atoms with Crippen LogP contribution in [0.5, 0.6) is 0 Å². The highest BCUT2D eigenvalue weighted by molar-refractivity contribution is 7.99. The molecule has 0 aromatic heterocycles. The summed E-state index contributed by atoms with van der Waals surface area (Å²) in [5.41, 5.74) is 5.75. The predicted molar refractivity (Wildman–Crippen MR) is 61.2 cm³/mol. The van der Waals surface area contributed by atoms with Gasteiger partial charge in [-0.2, -0.15) is 0 Å². The third kappa shape index (κ3) is 3.43. The van der Waals surface area contributed by atoms with E-state index in [4.69, 9.17) is 10.8 Å². The maximum atomic E-state index is 13.5. The number of hydrogen-bond donors (Lipinski definition) is 2. The smallest absolute Gasteiger partial charge is 0.140 e. The quantitative estimate of drug-likeness (QED) is 0.784. The molecule has 0 fully saturated rings. The van der Waals surface area contributed by atoms with Crippen molar-refractivity contribution in [3.8, 4) is 0 Å². The van der Waals surface area contributed by atoms with E-state index >= 15 is 0 Å². The molecule has 5 heteroatoms. The molecule has 3 N–H and O–H groups in total. The van der Waals surface area contributed by atoms with Gasteiger partial charge in [0.05, 0.1) is 4.90 Å². The molecule has 1 atom stereocenters. The first-order valence-corrected chi connectivity index (χ1v) is 5.98. The van der Waals surface area contributed by atoms with E-state index in [1.807, 2.05) is 6.92 Å². The van der Waals surface area contributed by atoms with Gasteiger partial charge in [0.1, 0.15) is 11.6 Å². The van der Waals surface area contributed by atoms with Crippen LogP contribution in [-0.2, 0) is 6.54 Å². The first-order valence-electron chi connectivity index (χ1n) is 5.00. The van der Waals surface area contributed by atoms with E-state index in [2.05, 4.69) is 0 Å². The summed E-state index contributed by atoms with van der Waals surface area (Å²) >= 11 is 1.07. The fraction of sp³-hybridized carbons (Fsp3) is 0.455. The lowest BCUT2D eigenvalue weighted by Crippen LogP contribution is -2.05. The van der Waals surface area contributed by atoms with Crippen LogP contribution < -0.4 is 5.73 Å². The first-order chi connectivity index (χ1) is 7.58. The van der Waals surface area contributed by atoms with E-state index in [-0.39, 0.29) is 24.0 Å². The molecule has 0 radical (unpaired) electrons. The van der Waals surface area contributed by atoms with Crippen molar-refractivity contribution >= 4 is 11.8 Å². The molecule has 0 aliphatic heterocycles. The minimum absolute atomic E-state index is 0.00231. The molecule has 0 heterocycles. The van der Waals surface area contributed by atoms with Crippen LogP contribution in [0.2, 0.25) is 0 Å². The lowest BCUT2D eigenvalue weighted by molar-refractivity contribution is 0.250. The Morgan fingerprint density at radius 3 is 2.38 bits per heavy atom. The van der Waals surface area contributed by atoms with E-state index in [9.17, 15) is 8.78 Å². The molecule has 0 aliphatic carbocycles. The lowest BCUT2D eigenvalue weighted by Gasteiger charge is -2.09. The highest BCUT2D eigenvalue weighted by Crippen LogP contribution is 2.27. The van der Waals surface area contributed by atoms with Gasteiger partial charge in [0, 0.05) is 18.9 Å². The molecule has 1 rings (SSSR count). The summed E-state index contributed by atoms with van der Waals surface area (Å²) in [5.74, 6) is -0.684. The molecule has 0 bridgehead atoms. The third-order valence-corrected chi connectivity index (χ3v) is 3.53.